The van der Waals surface area contributed by atoms with Crippen LogP contribution >= 0.6 is 0 Å². The van der Waals surface area contributed by atoms with Crippen LogP contribution in [0.4, 0.5) is 0 Å². The summed E-state index contributed by atoms with van der Waals surface area (Å²) in [7, 11) is 0. The van der Waals surface area contributed by atoms with Gasteiger partial charge in [0.1, 0.15) is 0 Å². The fourth-order valence-electron chi connectivity index (χ4n) is 2.95. The molecule has 3 heteroatoms. The standard InChI is InChI=1S/C19H18N2O/c1-13-7-10-17-16(11-13)18(15-5-3-2-4-6-15)20-19(22)21(17)12-14-8-9-14/h2-7,10-11,14H,8-9,12H2,1H3. The summed E-state index contributed by atoms with van der Waals surface area (Å²) < 4.78 is 1.85. The van der Waals surface area contributed by atoms with Gasteiger partial charge in [-0.2, -0.15) is 4.98 Å². The molecule has 1 fully saturated rings. The molecule has 0 amide bonds. The maximum atomic E-state index is 12.5. The summed E-state index contributed by atoms with van der Waals surface area (Å²) in [4.78, 5) is 16.9. The van der Waals surface area contributed by atoms with Crippen molar-refractivity contribution in [2.24, 2.45) is 5.92 Å². The number of fused-ring (bicyclic) bond motifs is 1. The predicted octanol–water partition coefficient (Wildman–Crippen LogP) is 3.78. The number of benzene rings is 2. The van der Waals surface area contributed by atoms with Gasteiger partial charge >= 0.3 is 5.69 Å². The highest BCUT2D eigenvalue weighted by Gasteiger charge is 2.23. The summed E-state index contributed by atoms with van der Waals surface area (Å²) in [6.45, 7) is 2.87. The molecule has 1 aromatic heterocycles. The zero-order chi connectivity index (χ0) is 15.1. The van der Waals surface area contributed by atoms with Gasteiger partial charge in [-0.3, -0.25) is 4.57 Å². The molecular weight excluding hydrogens is 272 g/mol. The van der Waals surface area contributed by atoms with E-state index in [2.05, 4.69) is 30.1 Å². The van der Waals surface area contributed by atoms with Crippen molar-refractivity contribution in [2.45, 2.75) is 26.3 Å². The Morgan fingerprint density at radius 2 is 1.91 bits per heavy atom. The molecule has 0 saturated heterocycles. The second kappa shape index (κ2) is 5.09. The van der Waals surface area contributed by atoms with Gasteiger partial charge in [-0.05, 0) is 37.8 Å². The summed E-state index contributed by atoms with van der Waals surface area (Å²) >= 11 is 0. The number of nitrogens with zero attached hydrogens (tertiary/aromatic N) is 2. The minimum Gasteiger partial charge on any atom is -0.292 e. The van der Waals surface area contributed by atoms with Crippen LogP contribution in [-0.4, -0.2) is 9.55 Å². The van der Waals surface area contributed by atoms with Crippen LogP contribution in [0.25, 0.3) is 22.2 Å². The summed E-state index contributed by atoms with van der Waals surface area (Å²) in [6.07, 6.45) is 2.44. The van der Waals surface area contributed by atoms with Crippen molar-refractivity contribution in [3.63, 3.8) is 0 Å². The highest BCUT2D eigenvalue weighted by molar-refractivity contribution is 5.92. The fraction of sp³-hybridized carbons (Fsp3) is 0.263. The Balaban J connectivity index is 2.01. The van der Waals surface area contributed by atoms with E-state index in [1.54, 1.807) is 0 Å². The molecule has 0 unspecified atom stereocenters. The van der Waals surface area contributed by atoms with Crippen LogP contribution in [0.15, 0.2) is 53.3 Å². The van der Waals surface area contributed by atoms with Gasteiger partial charge in [-0.15, -0.1) is 0 Å². The van der Waals surface area contributed by atoms with E-state index in [-0.39, 0.29) is 5.69 Å². The van der Waals surface area contributed by atoms with E-state index in [4.69, 9.17) is 0 Å². The normalized spacial score (nSPS) is 14.4. The molecule has 0 aliphatic heterocycles. The largest absolute Gasteiger partial charge is 0.348 e. The fourth-order valence-corrected chi connectivity index (χ4v) is 2.95. The van der Waals surface area contributed by atoms with Crippen LogP contribution in [0.5, 0.6) is 0 Å². The summed E-state index contributed by atoms with van der Waals surface area (Å²) in [5.41, 5.74) is 3.83. The summed E-state index contributed by atoms with van der Waals surface area (Å²) in [5.74, 6) is 0.645. The Morgan fingerprint density at radius 1 is 1.14 bits per heavy atom. The molecule has 3 nitrogen and oxygen atoms in total. The lowest BCUT2D eigenvalue weighted by atomic mass is 10.0. The number of hydrogen-bond donors (Lipinski definition) is 0. The van der Waals surface area contributed by atoms with Gasteiger partial charge < -0.3 is 0 Å². The van der Waals surface area contributed by atoms with E-state index in [0.717, 1.165) is 28.7 Å². The quantitative estimate of drug-likeness (QED) is 0.735. The summed E-state index contributed by atoms with van der Waals surface area (Å²) in [6, 6.07) is 16.2. The molecule has 0 atom stereocenters. The van der Waals surface area contributed by atoms with Gasteiger partial charge in [-0.25, -0.2) is 4.79 Å². The van der Waals surface area contributed by atoms with Gasteiger partial charge in [0.15, 0.2) is 0 Å². The average molecular weight is 290 g/mol. The van der Waals surface area contributed by atoms with Crippen molar-refractivity contribution >= 4 is 10.9 Å². The van der Waals surface area contributed by atoms with E-state index in [1.165, 1.54) is 18.4 Å². The Hall–Kier alpha value is -2.42. The maximum absolute atomic E-state index is 12.5. The number of rotatable bonds is 3. The van der Waals surface area contributed by atoms with Gasteiger partial charge in [-0.1, -0.05) is 42.0 Å². The van der Waals surface area contributed by atoms with Crippen molar-refractivity contribution in [3.05, 3.63) is 64.6 Å². The van der Waals surface area contributed by atoms with Gasteiger partial charge in [0.25, 0.3) is 0 Å². The van der Waals surface area contributed by atoms with Gasteiger partial charge in [0.2, 0.25) is 0 Å². The third-order valence-electron chi connectivity index (χ3n) is 4.32. The number of aryl methyl sites for hydroxylation is 1. The SMILES string of the molecule is Cc1ccc2c(c1)c(-c1ccccc1)nc(=O)n2CC1CC1. The van der Waals surface area contributed by atoms with E-state index >= 15 is 0 Å². The van der Waals surface area contributed by atoms with Crippen LogP contribution < -0.4 is 5.69 Å². The van der Waals surface area contributed by atoms with E-state index in [9.17, 15) is 4.79 Å². The van der Waals surface area contributed by atoms with Crippen LogP contribution in [0.2, 0.25) is 0 Å². The van der Waals surface area contributed by atoms with Gasteiger partial charge in [0.05, 0.1) is 11.2 Å². The first kappa shape index (κ1) is 13.3. The van der Waals surface area contributed by atoms with E-state index in [1.807, 2.05) is 34.9 Å². The van der Waals surface area contributed by atoms with Crippen molar-refractivity contribution in [2.75, 3.05) is 0 Å². The number of aromatic nitrogens is 2. The smallest absolute Gasteiger partial charge is 0.292 e. The lowest BCUT2D eigenvalue weighted by molar-refractivity contribution is 0.614. The first-order chi connectivity index (χ1) is 10.7. The molecule has 2 aromatic carbocycles. The summed E-state index contributed by atoms with van der Waals surface area (Å²) in [5, 5.41) is 1.06. The van der Waals surface area contributed by atoms with Crippen molar-refractivity contribution in [1.82, 2.24) is 9.55 Å². The van der Waals surface area contributed by atoms with Crippen LogP contribution in [-0.2, 0) is 6.54 Å². The molecule has 1 saturated carbocycles. The molecule has 22 heavy (non-hydrogen) atoms. The Labute approximate surface area is 129 Å². The molecular formula is C19H18N2O. The second-order valence-corrected chi connectivity index (χ2v) is 6.18. The lowest BCUT2D eigenvalue weighted by Crippen LogP contribution is -2.25. The van der Waals surface area contributed by atoms with Crippen LogP contribution in [0.1, 0.15) is 18.4 Å². The first-order valence-electron chi connectivity index (χ1n) is 7.79. The molecule has 4 rings (SSSR count). The van der Waals surface area contributed by atoms with E-state index < -0.39 is 0 Å². The molecule has 110 valence electrons. The zero-order valence-electron chi connectivity index (χ0n) is 12.6. The lowest BCUT2D eigenvalue weighted by Gasteiger charge is -2.13. The number of hydrogen-bond acceptors (Lipinski definition) is 2. The highest BCUT2D eigenvalue weighted by Crippen LogP contribution is 2.32. The molecule has 3 aromatic rings. The second-order valence-electron chi connectivity index (χ2n) is 6.18. The Bertz CT molecular complexity index is 892. The van der Waals surface area contributed by atoms with Crippen LogP contribution in [0, 0.1) is 12.8 Å². The molecule has 0 spiro atoms. The minimum absolute atomic E-state index is 0.137. The molecule has 1 aliphatic rings. The van der Waals surface area contributed by atoms with Crippen molar-refractivity contribution in [3.8, 4) is 11.3 Å². The average Bonchev–Trinajstić information content (AvgIpc) is 3.35. The minimum atomic E-state index is -0.137. The molecule has 0 radical (unpaired) electrons. The van der Waals surface area contributed by atoms with Crippen molar-refractivity contribution < 1.29 is 0 Å². The Morgan fingerprint density at radius 3 is 2.64 bits per heavy atom. The molecule has 1 heterocycles. The first-order valence-corrected chi connectivity index (χ1v) is 7.79. The third kappa shape index (κ3) is 2.33. The van der Waals surface area contributed by atoms with Crippen molar-refractivity contribution in [1.29, 1.82) is 0 Å². The molecule has 0 bridgehead atoms. The molecule has 1 aliphatic carbocycles. The maximum Gasteiger partial charge on any atom is 0.348 e. The van der Waals surface area contributed by atoms with Crippen LogP contribution in [0.3, 0.4) is 0 Å². The monoisotopic (exact) mass is 290 g/mol. The topological polar surface area (TPSA) is 34.9 Å². The zero-order valence-corrected chi connectivity index (χ0v) is 12.6. The Kier molecular flexibility index (Phi) is 3.07. The predicted molar refractivity (Wildman–Crippen MR) is 88.9 cm³/mol. The van der Waals surface area contributed by atoms with E-state index in [0.29, 0.717) is 5.92 Å². The van der Waals surface area contributed by atoms with Gasteiger partial charge in [0, 0.05) is 17.5 Å². The third-order valence-corrected chi connectivity index (χ3v) is 4.32. The highest BCUT2D eigenvalue weighted by atomic mass is 16.1. The molecule has 0 N–H and O–H groups in total.